The zero-order valence-electron chi connectivity index (χ0n) is 10.4. The van der Waals surface area contributed by atoms with E-state index < -0.39 is 15.7 Å². The van der Waals surface area contributed by atoms with Gasteiger partial charge in [-0.25, -0.2) is 12.8 Å². The standard InChI is InChI=1S/C14H12ClFO2S/c1-9-4-3-5-11(14(9)16)12-8-10(19(2,17)18)6-7-13(12)15/h3-8H,1-2H3. The summed E-state index contributed by atoms with van der Waals surface area (Å²) in [6, 6.07) is 9.21. The van der Waals surface area contributed by atoms with Gasteiger partial charge in [-0.05, 0) is 30.7 Å². The molecule has 2 aromatic carbocycles. The van der Waals surface area contributed by atoms with Crippen LogP contribution in [-0.4, -0.2) is 14.7 Å². The van der Waals surface area contributed by atoms with Crippen molar-refractivity contribution in [3.63, 3.8) is 0 Å². The Bertz CT molecular complexity index is 739. The van der Waals surface area contributed by atoms with Gasteiger partial charge in [-0.15, -0.1) is 0 Å². The lowest BCUT2D eigenvalue weighted by atomic mass is 10.0. The van der Waals surface area contributed by atoms with Gasteiger partial charge >= 0.3 is 0 Å². The first-order chi connectivity index (χ1) is 8.80. The Morgan fingerprint density at radius 2 is 1.79 bits per heavy atom. The third kappa shape index (κ3) is 2.80. The van der Waals surface area contributed by atoms with Crippen LogP contribution in [0.4, 0.5) is 4.39 Å². The Morgan fingerprint density at radius 3 is 2.42 bits per heavy atom. The molecule has 0 atom stereocenters. The average molecular weight is 299 g/mol. The maximum absolute atomic E-state index is 14.1. The van der Waals surface area contributed by atoms with Gasteiger partial charge in [-0.2, -0.15) is 0 Å². The number of rotatable bonds is 2. The van der Waals surface area contributed by atoms with Gasteiger partial charge in [0.05, 0.1) is 4.90 Å². The molecule has 2 nitrogen and oxygen atoms in total. The number of sulfone groups is 1. The molecular weight excluding hydrogens is 287 g/mol. The van der Waals surface area contributed by atoms with Gasteiger partial charge in [0.15, 0.2) is 9.84 Å². The predicted octanol–water partition coefficient (Wildman–Crippen LogP) is 3.86. The lowest BCUT2D eigenvalue weighted by Crippen LogP contribution is -1.98. The van der Waals surface area contributed by atoms with E-state index in [0.717, 1.165) is 6.26 Å². The van der Waals surface area contributed by atoms with Crippen molar-refractivity contribution in [2.24, 2.45) is 0 Å². The van der Waals surface area contributed by atoms with Gasteiger partial charge in [0, 0.05) is 22.4 Å². The summed E-state index contributed by atoms with van der Waals surface area (Å²) in [4.78, 5) is 0.118. The van der Waals surface area contributed by atoms with E-state index in [0.29, 0.717) is 21.7 Å². The van der Waals surface area contributed by atoms with Gasteiger partial charge in [0.2, 0.25) is 0 Å². The Kier molecular flexibility index (Phi) is 3.65. The quantitative estimate of drug-likeness (QED) is 0.844. The second-order valence-corrected chi connectivity index (χ2v) is 6.77. The molecule has 0 aliphatic rings. The molecular formula is C14H12ClFO2S. The van der Waals surface area contributed by atoms with Crippen molar-refractivity contribution in [1.82, 2.24) is 0 Å². The van der Waals surface area contributed by atoms with E-state index in [1.807, 2.05) is 0 Å². The van der Waals surface area contributed by atoms with Crippen molar-refractivity contribution in [2.45, 2.75) is 11.8 Å². The number of halogens is 2. The van der Waals surface area contributed by atoms with Crippen LogP contribution < -0.4 is 0 Å². The molecule has 19 heavy (non-hydrogen) atoms. The molecule has 0 N–H and O–H groups in total. The number of aryl methyl sites for hydroxylation is 1. The van der Waals surface area contributed by atoms with Crippen LogP contribution in [-0.2, 0) is 9.84 Å². The molecule has 2 aromatic rings. The first-order valence-corrected chi connectivity index (χ1v) is 7.83. The van der Waals surface area contributed by atoms with E-state index in [9.17, 15) is 12.8 Å². The van der Waals surface area contributed by atoms with E-state index in [2.05, 4.69) is 0 Å². The first kappa shape index (κ1) is 14.0. The molecule has 100 valence electrons. The van der Waals surface area contributed by atoms with E-state index in [1.165, 1.54) is 18.2 Å². The van der Waals surface area contributed by atoms with Crippen molar-refractivity contribution < 1.29 is 12.8 Å². The van der Waals surface area contributed by atoms with E-state index >= 15 is 0 Å². The fraction of sp³-hybridized carbons (Fsp3) is 0.143. The second-order valence-electron chi connectivity index (χ2n) is 4.35. The summed E-state index contributed by atoms with van der Waals surface area (Å²) in [7, 11) is -3.35. The van der Waals surface area contributed by atoms with Crippen LogP contribution in [0.15, 0.2) is 41.3 Å². The minimum absolute atomic E-state index is 0.118. The van der Waals surface area contributed by atoms with Crippen LogP contribution in [0.3, 0.4) is 0 Å². The number of hydrogen-bond acceptors (Lipinski definition) is 2. The third-order valence-electron chi connectivity index (χ3n) is 2.85. The molecule has 0 amide bonds. The van der Waals surface area contributed by atoms with E-state index in [1.54, 1.807) is 25.1 Å². The smallest absolute Gasteiger partial charge is 0.175 e. The first-order valence-electron chi connectivity index (χ1n) is 5.56. The summed E-state index contributed by atoms with van der Waals surface area (Å²) in [5.74, 6) is -0.393. The average Bonchev–Trinajstić information content (AvgIpc) is 2.32. The molecule has 2 rings (SSSR count). The molecule has 5 heteroatoms. The fourth-order valence-electron chi connectivity index (χ4n) is 1.80. The van der Waals surface area contributed by atoms with Gasteiger partial charge in [0.1, 0.15) is 5.82 Å². The van der Waals surface area contributed by atoms with Crippen molar-refractivity contribution >= 4 is 21.4 Å². The number of hydrogen-bond donors (Lipinski definition) is 0. The molecule has 0 unspecified atom stereocenters. The second kappa shape index (κ2) is 4.94. The minimum Gasteiger partial charge on any atom is -0.224 e. The molecule has 0 fully saturated rings. The summed E-state index contributed by atoms with van der Waals surface area (Å²) < 4.78 is 37.2. The summed E-state index contributed by atoms with van der Waals surface area (Å²) in [6.45, 7) is 1.65. The summed E-state index contributed by atoms with van der Waals surface area (Å²) in [5, 5.41) is 0.317. The molecule has 0 radical (unpaired) electrons. The van der Waals surface area contributed by atoms with Crippen molar-refractivity contribution in [1.29, 1.82) is 0 Å². The number of benzene rings is 2. The molecule has 0 spiro atoms. The monoisotopic (exact) mass is 298 g/mol. The summed E-state index contributed by atoms with van der Waals surface area (Å²) in [5.41, 5.74) is 1.17. The van der Waals surface area contributed by atoms with Crippen molar-refractivity contribution in [3.8, 4) is 11.1 Å². The Labute approximate surface area is 116 Å². The fourth-order valence-corrected chi connectivity index (χ4v) is 2.66. The highest BCUT2D eigenvalue weighted by atomic mass is 35.5. The van der Waals surface area contributed by atoms with Crippen molar-refractivity contribution in [2.75, 3.05) is 6.26 Å². The molecule has 0 bridgehead atoms. The molecule has 0 aromatic heterocycles. The Hall–Kier alpha value is -1.39. The summed E-state index contributed by atoms with van der Waals surface area (Å²) in [6.07, 6.45) is 1.10. The van der Waals surface area contributed by atoms with Crippen molar-refractivity contribution in [3.05, 3.63) is 52.8 Å². The lowest BCUT2D eigenvalue weighted by Gasteiger charge is -2.09. The minimum atomic E-state index is -3.35. The van der Waals surface area contributed by atoms with Gasteiger partial charge in [0.25, 0.3) is 0 Å². The van der Waals surface area contributed by atoms with E-state index in [-0.39, 0.29) is 4.90 Å². The van der Waals surface area contributed by atoms with Crippen LogP contribution in [0.2, 0.25) is 5.02 Å². The topological polar surface area (TPSA) is 34.1 Å². The highest BCUT2D eigenvalue weighted by Gasteiger charge is 2.14. The molecule has 0 aliphatic heterocycles. The van der Waals surface area contributed by atoms with Crippen LogP contribution >= 0.6 is 11.6 Å². The van der Waals surface area contributed by atoms with Gasteiger partial charge < -0.3 is 0 Å². The zero-order chi connectivity index (χ0) is 14.2. The molecule has 0 heterocycles. The van der Waals surface area contributed by atoms with Crippen LogP contribution in [0.1, 0.15) is 5.56 Å². The Balaban J connectivity index is 2.72. The van der Waals surface area contributed by atoms with E-state index in [4.69, 9.17) is 11.6 Å². The maximum atomic E-state index is 14.1. The largest absolute Gasteiger partial charge is 0.224 e. The molecule has 0 aliphatic carbocycles. The van der Waals surface area contributed by atoms with Crippen LogP contribution in [0, 0.1) is 12.7 Å². The summed E-state index contributed by atoms with van der Waals surface area (Å²) >= 11 is 6.04. The van der Waals surface area contributed by atoms with Crippen LogP contribution in [0.5, 0.6) is 0 Å². The normalized spacial score (nSPS) is 11.6. The van der Waals surface area contributed by atoms with Gasteiger partial charge in [-0.3, -0.25) is 0 Å². The van der Waals surface area contributed by atoms with Crippen LogP contribution in [0.25, 0.3) is 11.1 Å². The zero-order valence-corrected chi connectivity index (χ0v) is 12.0. The predicted molar refractivity (Wildman–Crippen MR) is 74.7 cm³/mol. The maximum Gasteiger partial charge on any atom is 0.175 e. The highest BCUT2D eigenvalue weighted by Crippen LogP contribution is 2.32. The molecule has 0 saturated heterocycles. The van der Waals surface area contributed by atoms with Gasteiger partial charge in [-0.1, -0.05) is 29.8 Å². The SMILES string of the molecule is Cc1cccc(-c2cc(S(C)(=O)=O)ccc2Cl)c1F. The Morgan fingerprint density at radius 1 is 1.11 bits per heavy atom. The highest BCUT2D eigenvalue weighted by molar-refractivity contribution is 7.90. The lowest BCUT2D eigenvalue weighted by molar-refractivity contribution is 0.601. The third-order valence-corrected chi connectivity index (χ3v) is 4.29. The molecule has 0 saturated carbocycles.